The van der Waals surface area contributed by atoms with E-state index in [9.17, 15) is 0 Å². The molecule has 362 valence electrons. The summed E-state index contributed by atoms with van der Waals surface area (Å²) in [7, 11) is 0. The van der Waals surface area contributed by atoms with Crippen LogP contribution in [-0.2, 0) is 0 Å². The lowest BCUT2D eigenvalue weighted by Crippen LogP contribution is -2.19. The fourth-order valence-electron chi connectivity index (χ4n) is 9.94. The van der Waals surface area contributed by atoms with Gasteiger partial charge in [0.25, 0.3) is 0 Å². The van der Waals surface area contributed by atoms with Crippen molar-refractivity contribution >= 4 is 0 Å². The smallest absolute Gasteiger partial charge is 0.00388 e. The summed E-state index contributed by atoms with van der Waals surface area (Å²) in [6.45, 7) is 4.62. The zero-order valence-corrected chi connectivity index (χ0v) is 42.8. The Hall–Kier alpha value is -0.0400. The first-order valence-corrected chi connectivity index (χ1v) is 29.6. The maximum Gasteiger partial charge on any atom is 0.00388 e. The molecule has 0 bridgehead atoms. The molecular formula is C59H121N. The Morgan fingerprint density at radius 3 is 0.383 bits per heavy atom. The third-order valence-corrected chi connectivity index (χ3v) is 14.4. The Morgan fingerprint density at radius 2 is 0.267 bits per heavy atom. The number of hydrogen-bond acceptors (Lipinski definition) is 1. The van der Waals surface area contributed by atoms with Gasteiger partial charge in [0.15, 0.2) is 0 Å². The highest BCUT2D eigenvalue weighted by Gasteiger charge is 2.03. The highest BCUT2D eigenvalue weighted by molar-refractivity contribution is 4.62. The van der Waals surface area contributed by atoms with E-state index in [1.807, 2.05) is 0 Å². The molecule has 0 aliphatic heterocycles. The molecule has 0 atom stereocenters. The maximum absolute atomic E-state index is 6.48. The Balaban J connectivity index is 3.14. The van der Waals surface area contributed by atoms with E-state index in [1.54, 1.807) is 0 Å². The molecule has 0 aromatic rings. The standard InChI is InChI=1S/C59H121N/c1-3-5-7-9-11-13-15-17-19-21-23-25-27-29-31-33-35-37-39-41-43-45-47-49-51-53-55-57-59(60)58-56-54-52-50-48-46-44-42-40-38-36-34-32-30-28-26-24-22-20-18-16-14-12-10-8-6-4-2/h59H,3-58,60H2,1-2H3. The molecule has 0 fully saturated rings. The van der Waals surface area contributed by atoms with Crippen LogP contribution in [0.3, 0.4) is 0 Å². The fourth-order valence-corrected chi connectivity index (χ4v) is 9.94. The molecule has 60 heavy (non-hydrogen) atoms. The molecule has 0 spiro atoms. The summed E-state index contributed by atoms with van der Waals surface area (Å²) in [6.07, 6.45) is 81.8. The Morgan fingerprint density at radius 1 is 0.167 bits per heavy atom. The van der Waals surface area contributed by atoms with E-state index in [0.717, 1.165) is 0 Å². The van der Waals surface area contributed by atoms with Crippen LogP contribution in [0.4, 0.5) is 0 Å². The molecule has 0 radical (unpaired) electrons. The van der Waals surface area contributed by atoms with Gasteiger partial charge in [-0.1, -0.05) is 361 Å². The normalized spacial score (nSPS) is 11.8. The van der Waals surface area contributed by atoms with Crippen molar-refractivity contribution in [1.82, 2.24) is 0 Å². The lowest BCUT2D eigenvalue weighted by Gasteiger charge is -2.11. The van der Waals surface area contributed by atoms with Gasteiger partial charge in [-0.2, -0.15) is 0 Å². The second-order valence-corrected chi connectivity index (χ2v) is 20.7. The van der Waals surface area contributed by atoms with Crippen molar-refractivity contribution in [2.45, 2.75) is 379 Å². The quantitative estimate of drug-likeness (QED) is 0.0607. The van der Waals surface area contributed by atoms with Gasteiger partial charge in [-0.15, -0.1) is 0 Å². The Kier molecular flexibility index (Phi) is 56.9. The van der Waals surface area contributed by atoms with E-state index in [2.05, 4.69) is 13.8 Å². The minimum atomic E-state index is 0.462. The van der Waals surface area contributed by atoms with Gasteiger partial charge in [0, 0.05) is 6.04 Å². The van der Waals surface area contributed by atoms with E-state index < -0.39 is 0 Å². The van der Waals surface area contributed by atoms with Crippen LogP contribution in [0.2, 0.25) is 0 Å². The van der Waals surface area contributed by atoms with Crippen LogP contribution in [0.15, 0.2) is 0 Å². The molecule has 0 heterocycles. The van der Waals surface area contributed by atoms with E-state index in [0.29, 0.717) is 6.04 Å². The molecule has 0 aliphatic rings. The van der Waals surface area contributed by atoms with Crippen molar-refractivity contribution < 1.29 is 0 Å². The molecule has 1 heteroatoms. The average Bonchev–Trinajstić information content (AvgIpc) is 3.25. The summed E-state index contributed by atoms with van der Waals surface area (Å²) < 4.78 is 0. The summed E-state index contributed by atoms with van der Waals surface area (Å²) in [5.41, 5.74) is 6.48. The van der Waals surface area contributed by atoms with E-state index in [4.69, 9.17) is 5.73 Å². The maximum atomic E-state index is 6.48. The summed E-state index contributed by atoms with van der Waals surface area (Å²) >= 11 is 0. The van der Waals surface area contributed by atoms with Gasteiger partial charge >= 0.3 is 0 Å². The van der Waals surface area contributed by atoms with Crippen LogP contribution in [-0.4, -0.2) is 6.04 Å². The molecular weight excluding hydrogens is 723 g/mol. The number of nitrogens with two attached hydrogens (primary N) is 1. The SMILES string of the molecule is CCCCCCCCCCCCCCCCCCCCCCCCCCCCCC(N)CCCCCCCCCCCCCCCCCCCCCCCCCCCCC. The molecule has 0 unspecified atom stereocenters. The number of rotatable bonds is 56. The van der Waals surface area contributed by atoms with Gasteiger partial charge in [-0.3, -0.25) is 0 Å². The van der Waals surface area contributed by atoms with Gasteiger partial charge in [-0.25, -0.2) is 0 Å². The van der Waals surface area contributed by atoms with Crippen LogP contribution in [0.5, 0.6) is 0 Å². The predicted octanol–water partition coefficient (Wildman–Crippen LogP) is 22.2. The van der Waals surface area contributed by atoms with Crippen molar-refractivity contribution in [2.24, 2.45) is 5.73 Å². The monoisotopic (exact) mass is 844 g/mol. The van der Waals surface area contributed by atoms with Gasteiger partial charge < -0.3 is 5.73 Å². The largest absolute Gasteiger partial charge is 0.328 e. The Bertz CT molecular complexity index is 643. The molecule has 0 rings (SSSR count). The fraction of sp³-hybridized carbons (Fsp3) is 1.00. The summed E-state index contributed by atoms with van der Waals surface area (Å²) in [5, 5.41) is 0. The van der Waals surface area contributed by atoms with Gasteiger partial charge in [0.05, 0.1) is 0 Å². The second-order valence-electron chi connectivity index (χ2n) is 20.7. The van der Waals surface area contributed by atoms with Crippen molar-refractivity contribution in [3.63, 3.8) is 0 Å². The molecule has 0 aromatic carbocycles. The highest BCUT2D eigenvalue weighted by atomic mass is 14.6. The van der Waals surface area contributed by atoms with Crippen molar-refractivity contribution in [1.29, 1.82) is 0 Å². The summed E-state index contributed by atoms with van der Waals surface area (Å²) in [5.74, 6) is 0. The van der Waals surface area contributed by atoms with Crippen molar-refractivity contribution in [3.8, 4) is 0 Å². The Labute approximate surface area is 383 Å². The third kappa shape index (κ3) is 56.0. The van der Waals surface area contributed by atoms with Crippen molar-refractivity contribution in [2.75, 3.05) is 0 Å². The van der Waals surface area contributed by atoms with Crippen LogP contribution < -0.4 is 5.73 Å². The highest BCUT2D eigenvalue weighted by Crippen LogP contribution is 2.19. The van der Waals surface area contributed by atoms with E-state index in [1.165, 1.54) is 360 Å². The van der Waals surface area contributed by atoms with Gasteiger partial charge in [-0.05, 0) is 12.8 Å². The first kappa shape index (κ1) is 60.0. The zero-order chi connectivity index (χ0) is 43.2. The lowest BCUT2D eigenvalue weighted by atomic mass is 10.00. The van der Waals surface area contributed by atoms with Crippen LogP contribution >= 0.6 is 0 Å². The first-order valence-electron chi connectivity index (χ1n) is 29.6. The van der Waals surface area contributed by atoms with Crippen molar-refractivity contribution in [3.05, 3.63) is 0 Å². The average molecular weight is 845 g/mol. The van der Waals surface area contributed by atoms with Crippen LogP contribution in [0, 0.1) is 0 Å². The third-order valence-electron chi connectivity index (χ3n) is 14.4. The van der Waals surface area contributed by atoms with E-state index in [-0.39, 0.29) is 0 Å². The van der Waals surface area contributed by atoms with E-state index >= 15 is 0 Å². The van der Waals surface area contributed by atoms with Gasteiger partial charge in [0.1, 0.15) is 0 Å². The second kappa shape index (κ2) is 57.0. The molecule has 0 amide bonds. The molecule has 1 nitrogen and oxygen atoms in total. The lowest BCUT2D eigenvalue weighted by molar-refractivity contribution is 0.477. The predicted molar refractivity (Wildman–Crippen MR) is 278 cm³/mol. The molecule has 0 aromatic heterocycles. The molecule has 0 saturated carbocycles. The number of unbranched alkanes of at least 4 members (excludes halogenated alkanes) is 52. The van der Waals surface area contributed by atoms with Crippen LogP contribution in [0.25, 0.3) is 0 Å². The zero-order valence-electron chi connectivity index (χ0n) is 42.8. The molecule has 2 N–H and O–H groups in total. The molecule has 0 saturated heterocycles. The summed E-state index contributed by atoms with van der Waals surface area (Å²) in [4.78, 5) is 0. The molecule has 0 aliphatic carbocycles. The number of hydrogen-bond donors (Lipinski definition) is 1. The van der Waals surface area contributed by atoms with Gasteiger partial charge in [0.2, 0.25) is 0 Å². The minimum absolute atomic E-state index is 0.462. The topological polar surface area (TPSA) is 26.0 Å². The van der Waals surface area contributed by atoms with Crippen LogP contribution in [0.1, 0.15) is 373 Å². The first-order chi connectivity index (χ1) is 29.8. The minimum Gasteiger partial charge on any atom is -0.328 e. The summed E-state index contributed by atoms with van der Waals surface area (Å²) in [6, 6.07) is 0.462.